The predicted molar refractivity (Wildman–Crippen MR) is 62.2 cm³/mol. The van der Waals surface area contributed by atoms with Crippen molar-refractivity contribution in [3.8, 4) is 0 Å². The van der Waals surface area contributed by atoms with Crippen LogP contribution in [0.2, 0.25) is 0 Å². The van der Waals surface area contributed by atoms with Gasteiger partial charge in [0.2, 0.25) is 0 Å². The van der Waals surface area contributed by atoms with E-state index in [9.17, 15) is 0 Å². The Balaban J connectivity index is 2.20. The van der Waals surface area contributed by atoms with Crippen LogP contribution in [0.15, 0.2) is 12.2 Å². The molecule has 0 radical (unpaired) electrons. The molecule has 0 aromatic rings. The first-order chi connectivity index (χ1) is 6.70. The number of hydrogen-bond acceptors (Lipinski definition) is 2. The van der Waals surface area contributed by atoms with Gasteiger partial charge in [-0.25, -0.2) is 0 Å². The maximum atomic E-state index is 5.82. The Morgan fingerprint density at radius 2 is 2.21 bits per heavy atom. The van der Waals surface area contributed by atoms with Crippen molar-refractivity contribution in [1.82, 2.24) is 5.32 Å². The van der Waals surface area contributed by atoms with Crippen LogP contribution in [0.3, 0.4) is 0 Å². The van der Waals surface area contributed by atoms with E-state index in [0.717, 1.165) is 25.4 Å². The Morgan fingerprint density at radius 3 is 2.71 bits per heavy atom. The van der Waals surface area contributed by atoms with Crippen LogP contribution in [0.4, 0.5) is 0 Å². The summed E-state index contributed by atoms with van der Waals surface area (Å²) < 4.78 is 0. The van der Waals surface area contributed by atoms with Gasteiger partial charge in [0.1, 0.15) is 0 Å². The number of hydrogen-bond donors (Lipinski definition) is 2. The minimum Gasteiger partial charge on any atom is -0.329 e. The van der Waals surface area contributed by atoms with E-state index in [1.54, 1.807) is 0 Å². The van der Waals surface area contributed by atoms with Gasteiger partial charge in [0, 0.05) is 12.1 Å². The number of nitrogens with one attached hydrogen (secondary N) is 1. The number of nitrogens with two attached hydrogens (primary N) is 1. The SMILES string of the molecule is C/C=C/CCNC(C)(CN)CC1CC1. The summed E-state index contributed by atoms with van der Waals surface area (Å²) in [4.78, 5) is 0. The molecular formula is C12H24N2. The maximum absolute atomic E-state index is 5.82. The molecular weight excluding hydrogens is 172 g/mol. The summed E-state index contributed by atoms with van der Waals surface area (Å²) in [6.07, 6.45) is 9.47. The van der Waals surface area contributed by atoms with Gasteiger partial charge < -0.3 is 11.1 Å². The third kappa shape index (κ3) is 4.25. The molecule has 1 unspecified atom stereocenters. The summed E-state index contributed by atoms with van der Waals surface area (Å²) >= 11 is 0. The van der Waals surface area contributed by atoms with Crippen LogP contribution in [0, 0.1) is 5.92 Å². The molecule has 1 atom stereocenters. The smallest absolute Gasteiger partial charge is 0.0278 e. The molecule has 3 N–H and O–H groups in total. The minimum atomic E-state index is 0.169. The fourth-order valence-corrected chi connectivity index (χ4v) is 1.81. The normalized spacial score (nSPS) is 21.4. The lowest BCUT2D eigenvalue weighted by atomic mass is 9.95. The number of allylic oxidation sites excluding steroid dienone is 1. The largest absolute Gasteiger partial charge is 0.329 e. The molecule has 0 bridgehead atoms. The molecule has 0 spiro atoms. The minimum absolute atomic E-state index is 0.169. The van der Waals surface area contributed by atoms with E-state index in [-0.39, 0.29) is 5.54 Å². The van der Waals surface area contributed by atoms with Crippen LogP contribution >= 0.6 is 0 Å². The van der Waals surface area contributed by atoms with Gasteiger partial charge in [0.05, 0.1) is 0 Å². The van der Waals surface area contributed by atoms with E-state index in [4.69, 9.17) is 5.73 Å². The first-order valence-corrected chi connectivity index (χ1v) is 5.76. The van der Waals surface area contributed by atoms with Gasteiger partial charge in [-0.15, -0.1) is 0 Å². The van der Waals surface area contributed by atoms with Gasteiger partial charge in [-0.05, 0) is 39.2 Å². The van der Waals surface area contributed by atoms with Gasteiger partial charge in [-0.3, -0.25) is 0 Å². The zero-order valence-corrected chi connectivity index (χ0v) is 9.55. The zero-order valence-electron chi connectivity index (χ0n) is 9.55. The first-order valence-electron chi connectivity index (χ1n) is 5.76. The lowest BCUT2D eigenvalue weighted by Crippen LogP contribution is -2.49. The van der Waals surface area contributed by atoms with E-state index in [0.29, 0.717) is 0 Å². The van der Waals surface area contributed by atoms with Crippen molar-refractivity contribution in [1.29, 1.82) is 0 Å². The van der Waals surface area contributed by atoms with E-state index in [1.807, 2.05) is 0 Å². The summed E-state index contributed by atoms with van der Waals surface area (Å²) in [6, 6.07) is 0. The van der Waals surface area contributed by atoms with Gasteiger partial charge in [0.25, 0.3) is 0 Å². The summed E-state index contributed by atoms with van der Waals surface area (Å²) in [5.74, 6) is 0.942. The predicted octanol–water partition coefficient (Wildman–Crippen LogP) is 2.06. The molecule has 2 nitrogen and oxygen atoms in total. The monoisotopic (exact) mass is 196 g/mol. The maximum Gasteiger partial charge on any atom is 0.0278 e. The molecule has 1 fully saturated rings. The van der Waals surface area contributed by atoms with Crippen LogP contribution in [0.25, 0.3) is 0 Å². The molecule has 1 aliphatic carbocycles. The van der Waals surface area contributed by atoms with E-state index >= 15 is 0 Å². The summed E-state index contributed by atoms with van der Waals surface area (Å²) in [5, 5.41) is 3.58. The van der Waals surface area contributed by atoms with Crippen LogP contribution in [0.5, 0.6) is 0 Å². The summed E-state index contributed by atoms with van der Waals surface area (Å²) in [5.41, 5.74) is 5.99. The second kappa shape index (κ2) is 5.52. The zero-order chi connectivity index (χ0) is 10.4. The van der Waals surface area contributed by atoms with Gasteiger partial charge in [-0.2, -0.15) is 0 Å². The Hall–Kier alpha value is -0.340. The summed E-state index contributed by atoms with van der Waals surface area (Å²) in [6.45, 7) is 6.11. The van der Waals surface area contributed by atoms with Gasteiger partial charge in [0.15, 0.2) is 0 Å². The topological polar surface area (TPSA) is 38.0 Å². The van der Waals surface area contributed by atoms with Crippen molar-refractivity contribution in [3.05, 3.63) is 12.2 Å². The third-order valence-electron chi connectivity index (χ3n) is 2.99. The first kappa shape index (κ1) is 11.7. The van der Waals surface area contributed by atoms with Crippen molar-refractivity contribution in [3.63, 3.8) is 0 Å². The van der Waals surface area contributed by atoms with Gasteiger partial charge >= 0.3 is 0 Å². The highest BCUT2D eigenvalue weighted by molar-refractivity contribution is 4.91. The standard InChI is InChI=1S/C12H24N2/c1-3-4-5-8-14-12(2,10-13)9-11-6-7-11/h3-4,11,14H,5-10,13H2,1-2H3/b4-3+. The lowest BCUT2D eigenvalue weighted by Gasteiger charge is -2.29. The molecule has 14 heavy (non-hydrogen) atoms. The molecule has 0 aromatic carbocycles. The van der Waals surface area contributed by atoms with Gasteiger partial charge in [-0.1, -0.05) is 25.0 Å². The van der Waals surface area contributed by atoms with Crippen molar-refractivity contribution < 1.29 is 0 Å². The fourth-order valence-electron chi connectivity index (χ4n) is 1.81. The molecule has 1 rings (SSSR count). The highest BCUT2D eigenvalue weighted by Gasteiger charge is 2.31. The molecule has 1 aliphatic rings. The molecule has 82 valence electrons. The van der Waals surface area contributed by atoms with Crippen molar-refractivity contribution in [2.24, 2.45) is 11.7 Å². The van der Waals surface area contributed by atoms with Crippen LogP contribution in [0.1, 0.15) is 39.5 Å². The van der Waals surface area contributed by atoms with Crippen molar-refractivity contribution in [2.45, 2.75) is 45.1 Å². The quantitative estimate of drug-likeness (QED) is 0.483. The Labute approximate surface area is 87.9 Å². The number of rotatable bonds is 7. The molecule has 0 aromatic heterocycles. The van der Waals surface area contributed by atoms with E-state index in [2.05, 4.69) is 31.3 Å². The molecule has 0 saturated heterocycles. The second-order valence-corrected chi connectivity index (χ2v) is 4.70. The molecule has 2 heteroatoms. The Kier molecular flexibility index (Phi) is 4.63. The second-order valence-electron chi connectivity index (χ2n) is 4.70. The van der Waals surface area contributed by atoms with Crippen LogP contribution in [-0.2, 0) is 0 Å². The van der Waals surface area contributed by atoms with E-state index < -0.39 is 0 Å². The fraction of sp³-hybridized carbons (Fsp3) is 0.833. The summed E-state index contributed by atoms with van der Waals surface area (Å²) in [7, 11) is 0. The van der Waals surface area contributed by atoms with Crippen molar-refractivity contribution in [2.75, 3.05) is 13.1 Å². The molecule has 0 aliphatic heterocycles. The molecule has 0 heterocycles. The van der Waals surface area contributed by atoms with Crippen LogP contribution in [-0.4, -0.2) is 18.6 Å². The molecule has 0 amide bonds. The highest BCUT2D eigenvalue weighted by Crippen LogP contribution is 2.36. The van der Waals surface area contributed by atoms with Crippen molar-refractivity contribution >= 4 is 0 Å². The molecule has 1 saturated carbocycles. The van der Waals surface area contributed by atoms with E-state index in [1.165, 1.54) is 19.3 Å². The Morgan fingerprint density at radius 1 is 1.50 bits per heavy atom. The Bertz CT molecular complexity index is 185. The lowest BCUT2D eigenvalue weighted by molar-refractivity contribution is 0.326. The van der Waals surface area contributed by atoms with Crippen LogP contribution < -0.4 is 11.1 Å². The average molecular weight is 196 g/mol. The third-order valence-corrected chi connectivity index (χ3v) is 2.99. The highest BCUT2D eigenvalue weighted by atomic mass is 15.0. The average Bonchev–Trinajstić information content (AvgIpc) is 2.96.